The summed E-state index contributed by atoms with van der Waals surface area (Å²) in [5.74, 6) is -0.855. The first-order chi connectivity index (χ1) is 9.31. The molecule has 1 aliphatic rings. The first-order valence-electron chi connectivity index (χ1n) is 7.18. The van der Waals surface area contributed by atoms with Crippen molar-refractivity contribution in [2.45, 2.75) is 52.0 Å². The minimum atomic E-state index is -0.855. The van der Waals surface area contributed by atoms with Crippen molar-refractivity contribution >= 4 is 12.0 Å². The van der Waals surface area contributed by atoms with Crippen LogP contribution >= 0.6 is 0 Å². The highest BCUT2D eigenvalue weighted by molar-refractivity contribution is 5.75. The lowest BCUT2D eigenvalue weighted by atomic mass is 9.90. The summed E-state index contributed by atoms with van der Waals surface area (Å²) >= 11 is 0. The fourth-order valence-corrected chi connectivity index (χ4v) is 2.32. The van der Waals surface area contributed by atoms with Gasteiger partial charge in [-0.25, -0.2) is 4.79 Å². The Morgan fingerprint density at radius 3 is 2.60 bits per heavy atom. The number of hydrogen-bond acceptors (Lipinski definition) is 3. The number of ether oxygens (including phenoxy) is 1. The zero-order chi connectivity index (χ0) is 15.2. The van der Waals surface area contributed by atoms with Crippen molar-refractivity contribution in [2.75, 3.05) is 19.8 Å². The molecule has 1 saturated heterocycles. The van der Waals surface area contributed by atoms with Gasteiger partial charge in [-0.3, -0.25) is 4.79 Å². The molecule has 1 rings (SSSR count). The van der Waals surface area contributed by atoms with Gasteiger partial charge < -0.3 is 20.5 Å². The molecule has 6 nitrogen and oxygen atoms in total. The second-order valence-electron chi connectivity index (χ2n) is 6.15. The Hall–Kier alpha value is -1.30. The van der Waals surface area contributed by atoms with Gasteiger partial charge in [0.2, 0.25) is 0 Å². The normalized spacial score (nSPS) is 22.6. The van der Waals surface area contributed by atoms with Crippen LogP contribution in [-0.2, 0) is 9.53 Å². The van der Waals surface area contributed by atoms with Crippen molar-refractivity contribution in [3.05, 3.63) is 0 Å². The summed E-state index contributed by atoms with van der Waals surface area (Å²) in [5.41, 5.74) is -1.09. The van der Waals surface area contributed by atoms with Crippen molar-refractivity contribution < 1.29 is 19.4 Å². The summed E-state index contributed by atoms with van der Waals surface area (Å²) in [6.07, 6.45) is 3.10. The van der Waals surface area contributed by atoms with Gasteiger partial charge in [-0.2, -0.15) is 0 Å². The predicted octanol–water partition coefficient (Wildman–Crippen LogP) is 1.75. The molecule has 0 saturated carbocycles. The Labute approximate surface area is 120 Å². The minimum absolute atomic E-state index is 0.245. The number of urea groups is 1. The van der Waals surface area contributed by atoms with Crippen LogP contribution in [0.4, 0.5) is 4.79 Å². The maximum Gasteiger partial charge on any atom is 0.315 e. The van der Waals surface area contributed by atoms with Crippen molar-refractivity contribution in [2.24, 2.45) is 5.41 Å². The van der Waals surface area contributed by atoms with Gasteiger partial charge in [-0.15, -0.1) is 0 Å². The van der Waals surface area contributed by atoms with Crippen LogP contribution in [0.3, 0.4) is 0 Å². The lowest BCUT2D eigenvalue weighted by Gasteiger charge is -2.28. The number of hydrogen-bond donors (Lipinski definition) is 3. The number of nitrogens with one attached hydrogen (secondary N) is 2. The van der Waals surface area contributed by atoms with Crippen LogP contribution in [0.2, 0.25) is 0 Å². The van der Waals surface area contributed by atoms with E-state index in [1.165, 1.54) is 0 Å². The molecular formula is C14H26N2O4. The summed E-state index contributed by atoms with van der Waals surface area (Å²) in [5, 5.41) is 14.7. The second-order valence-corrected chi connectivity index (χ2v) is 6.15. The highest BCUT2D eigenvalue weighted by Gasteiger charge is 2.35. The average molecular weight is 286 g/mol. The average Bonchev–Trinajstić information content (AvgIpc) is 2.77. The Morgan fingerprint density at radius 2 is 2.10 bits per heavy atom. The monoisotopic (exact) mass is 286 g/mol. The van der Waals surface area contributed by atoms with E-state index in [9.17, 15) is 9.59 Å². The van der Waals surface area contributed by atoms with Crippen LogP contribution < -0.4 is 10.6 Å². The molecule has 1 atom stereocenters. The Balaban J connectivity index is 2.38. The molecule has 20 heavy (non-hydrogen) atoms. The lowest BCUT2D eigenvalue weighted by Crippen LogP contribution is -2.53. The van der Waals surface area contributed by atoms with Crippen LogP contribution in [0.1, 0.15) is 46.5 Å². The van der Waals surface area contributed by atoms with Gasteiger partial charge in [0.25, 0.3) is 0 Å². The van der Waals surface area contributed by atoms with Crippen molar-refractivity contribution in [1.82, 2.24) is 10.6 Å². The van der Waals surface area contributed by atoms with Gasteiger partial charge in [0.1, 0.15) is 0 Å². The highest BCUT2D eigenvalue weighted by atomic mass is 16.5. The van der Waals surface area contributed by atoms with Crippen molar-refractivity contribution in [3.8, 4) is 0 Å². The largest absolute Gasteiger partial charge is 0.481 e. The number of carboxylic acids is 1. The summed E-state index contributed by atoms with van der Waals surface area (Å²) < 4.78 is 5.38. The molecule has 0 bridgehead atoms. The number of amides is 2. The number of carbonyl (C=O) groups excluding carboxylic acids is 1. The zero-order valence-electron chi connectivity index (χ0n) is 12.6. The molecule has 0 aromatic heterocycles. The smallest absolute Gasteiger partial charge is 0.315 e. The number of carboxylic acid groups (broad SMARTS) is 1. The molecule has 1 fully saturated rings. The summed E-state index contributed by atoms with van der Waals surface area (Å²) in [6.45, 7) is 6.95. The van der Waals surface area contributed by atoms with E-state index in [1.54, 1.807) is 13.8 Å². The lowest BCUT2D eigenvalue weighted by molar-refractivity contribution is -0.147. The number of rotatable bonds is 7. The van der Waals surface area contributed by atoms with E-state index in [1.807, 2.05) is 0 Å². The molecule has 3 N–H and O–H groups in total. The molecule has 2 amide bonds. The summed E-state index contributed by atoms with van der Waals surface area (Å²) in [7, 11) is 0. The third-order valence-electron chi connectivity index (χ3n) is 3.83. The molecule has 1 unspecified atom stereocenters. The molecule has 0 radical (unpaired) electrons. The van der Waals surface area contributed by atoms with Crippen LogP contribution in [0, 0.1) is 5.41 Å². The Morgan fingerprint density at radius 1 is 1.40 bits per heavy atom. The van der Waals surface area contributed by atoms with E-state index in [0.29, 0.717) is 26.2 Å². The predicted molar refractivity (Wildman–Crippen MR) is 75.6 cm³/mol. The van der Waals surface area contributed by atoms with Crippen LogP contribution in [-0.4, -0.2) is 42.4 Å². The SMILES string of the molecule is CCCC1(NC(=O)NCCC(C)(C)C(=O)O)CCOC1. The molecule has 0 aromatic rings. The fraction of sp³-hybridized carbons (Fsp3) is 0.857. The fourth-order valence-electron chi connectivity index (χ4n) is 2.32. The van der Waals surface area contributed by atoms with Crippen molar-refractivity contribution in [1.29, 1.82) is 0 Å². The maximum absolute atomic E-state index is 11.9. The summed E-state index contributed by atoms with van der Waals surface area (Å²) in [6, 6.07) is -0.245. The number of carbonyl (C=O) groups is 2. The van der Waals surface area contributed by atoms with E-state index >= 15 is 0 Å². The van der Waals surface area contributed by atoms with Crippen molar-refractivity contribution in [3.63, 3.8) is 0 Å². The topological polar surface area (TPSA) is 87.7 Å². The van der Waals surface area contributed by atoms with E-state index < -0.39 is 11.4 Å². The molecule has 1 heterocycles. The van der Waals surface area contributed by atoms with E-state index in [2.05, 4.69) is 17.6 Å². The Kier molecular flexibility index (Phi) is 5.80. The molecular weight excluding hydrogens is 260 g/mol. The third kappa shape index (κ3) is 4.67. The van der Waals surface area contributed by atoms with Gasteiger partial charge in [-0.05, 0) is 33.1 Å². The first-order valence-corrected chi connectivity index (χ1v) is 7.18. The quantitative estimate of drug-likeness (QED) is 0.665. The molecule has 116 valence electrons. The third-order valence-corrected chi connectivity index (χ3v) is 3.83. The van der Waals surface area contributed by atoms with Gasteiger partial charge in [0.05, 0.1) is 17.6 Å². The van der Waals surface area contributed by atoms with Gasteiger partial charge in [0.15, 0.2) is 0 Å². The molecule has 1 aliphatic heterocycles. The zero-order valence-corrected chi connectivity index (χ0v) is 12.6. The highest BCUT2D eigenvalue weighted by Crippen LogP contribution is 2.24. The minimum Gasteiger partial charge on any atom is -0.481 e. The van der Waals surface area contributed by atoms with Crippen LogP contribution in [0.25, 0.3) is 0 Å². The molecule has 0 spiro atoms. The maximum atomic E-state index is 11.9. The van der Waals surface area contributed by atoms with Gasteiger partial charge in [0, 0.05) is 13.2 Å². The molecule has 0 aromatic carbocycles. The van der Waals surface area contributed by atoms with E-state index in [0.717, 1.165) is 19.3 Å². The van der Waals surface area contributed by atoms with Crippen LogP contribution in [0.5, 0.6) is 0 Å². The van der Waals surface area contributed by atoms with Gasteiger partial charge >= 0.3 is 12.0 Å². The van der Waals surface area contributed by atoms with Gasteiger partial charge in [-0.1, -0.05) is 13.3 Å². The second kappa shape index (κ2) is 6.92. The molecule has 0 aliphatic carbocycles. The number of aliphatic carboxylic acids is 1. The molecule has 6 heteroatoms. The Bertz CT molecular complexity index is 349. The van der Waals surface area contributed by atoms with Crippen LogP contribution in [0.15, 0.2) is 0 Å². The first kappa shape index (κ1) is 16.8. The standard InChI is InChI=1S/C14H26N2O4/c1-4-5-14(7-9-20-10-14)16-12(19)15-8-6-13(2,3)11(17)18/h4-10H2,1-3H3,(H,17,18)(H2,15,16,19). The summed E-state index contributed by atoms with van der Waals surface area (Å²) in [4.78, 5) is 22.9. The van der Waals surface area contributed by atoms with E-state index in [4.69, 9.17) is 9.84 Å². The van der Waals surface area contributed by atoms with E-state index in [-0.39, 0.29) is 11.6 Å².